The minimum Gasteiger partial charge on any atom is -0.339 e. The maximum Gasteiger partial charge on any atom is 0.278 e. The number of nitrogens with one attached hydrogen (secondary N) is 3. The first-order valence-corrected chi connectivity index (χ1v) is 7.33. The molecule has 2 aromatic heterocycles. The Hall–Kier alpha value is -2.02. The van der Waals surface area contributed by atoms with Crippen molar-refractivity contribution in [2.75, 3.05) is 13.1 Å². The average molecular weight is 292 g/mol. The van der Waals surface area contributed by atoms with Crippen LogP contribution < -0.4 is 10.9 Å². The predicted molar refractivity (Wildman–Crippen MR) is 86.4 cm³/mol. The van der Waals surface area contributed by atoms with Gasteiger partial charge in [0.25, 0.3) is 5.56 Å². The van der Waals surface area contributed by atoms with Crippen LogP contribution in [0.3, 0.4) is 0 Å². The summed E-state index contributed by atoms with van der Waals surface area (Å²) in [5.74, 6) is 0.180. The Labute approximate surface area is 124 Å². The van der Waals surface area contributed by atoms with Gasteiger partial charge in [-0.3, -0.25) is 9.78 Å². The zero-order chi connectivity index (χ0) is 15.5. The van der Waals surface area contributed by atoms with E-state index in [1.54, 1.807) is 0 Å². The average Bonchev–Trinajstić information content (AvgIpc) is 2.97. The molecular formula is C14H24N6O. The van der Waals surface area contributed by atoms with E-state index in [-0.39, 0.29) is 11.5 Å². The summed E-state index contributed by atoms with van der Waals surface area (Å²) in [4.78, 5) is 27.4. The molecule has 0 saturated carbocycles. The van der Waals surface area contributed by atoms with Crippen molar-refractivity contribution in [2.24, 2.45) is 4.99 Å². The van der Waals surface area contributed by atoms with Crippen LogP contribution >= 0.6 is 0 Å². The fourth-order valence-corrected chi connectivity index (χ4v) is 1.63. The van der Waals surface area contributed by atoms with Crippen LogP contribution in [0.4, 0.5) is 5.95 Å². The summed E-state index contributed by atoms with van der Waals surface area (Å²) in [5, 5.41) is 3.39. The first kappa shape index (κ1) is 17.0. The summed E-state index contributed by atoms with van der Waals surface area (Å²) in [6.07, 6.45) is 6.66. The van der Waals surface area contributed by atoms with Crippen LogP contribution in [-0.4, -0.2) is 39.7 Å². The lowest BCUT2D eigenvalue weighted by molar-refractivity contribution is 0.611. The van der Waals surface area contributed by atoms with Crippen molar-refractivity contribution >= 4 is 23.8 Å². The highest BCUT2D eigenvalue weighted by Gasteiger charge is 2.02. The van der Waals surface area contributed by atoms with E-state index in [0.29, 0.717) is 11.2 Å². The van der Waals surface area contributed by atoms with Crippen LogP contribution in [0.2, 0.25) is 0 Å². The van der Waals surface area contributed by atoms with Gasteiger partial charge in [-0.2, -0.15) is 4.98 Å². The summed E-state index contributed by atoms with van der Waals surface area (Å²) in [5.41, 5.74) is 0.406. The van der Waals surface area contributed by atoms with Gasteiger partial charge in [0, 0.05) is 0 Å². The molecular weight excluding hydrogens is 268 g/mol. The summed E-state index contributed by atoms with van der Waals surface area (Å²) >= 11 is 0. The third kappa shape index (κ3) is 5.86. The Bertz CT molecular complexity index is 582. The molecule has 0 aliphatic rings. The van der Waals surface area contributed by atoms with Crippen molar-refractivity contribution in [3.05, 3.63) is 16.7 Å². The van der Waals surface area contributed by atoms with Crippen molar-refractivity contribution in [1.82, 2.24) is 25.3 Å². The zero-order valence-electron chi connectivity index (χ0n) is 12.8. The highest BCUT2D eigenvalue weighted by molar-refractivity contribution is 5.69. The molecule has 2 aromatic rings. The molecule has 0 unspecified atom stereocenters. The largest absolute Gasteiger partial charge is 0.339 e. The van der Waals surface area contributed by atoms with Gasteiger partial charge in [-0.05, 0) is 32.6 Å². The molecule has 21 heavy (non-hydrogen) atoms. The smallest absolute Gasteiger partial charge is 0.278 e. The fourth-order valence-electron chi connectivity index (χ4n) is 1.63. The van der Waals surface area contributed by atoms with E-state index >= 15 is 0 Å². The Balaban J connectivity index is 0.000000222. The number of aliphatic imine (C=N–C) groups is 1. The van der Waals surface area contributed by atoms with Crippen molar-refractivity contribution in [2.45, 2.75) is 39.5 Å². The summed E-state index contributed by atoms with van der Waals surface area (Å²) in [6.45, 7) is 10.1. The minimum absolute atomic E-state index is 0.180. The predicted octanol–water partition coefficient (Wildman–Crippen LogP) is 2.15. The first-order valence-electron chi connectivity index (χ1n) is 7.33. The molecule has 0 saturated heterocycles. The second kappa shape index (κ2) is 9.82. The third-order valence-electron chi connectivity index (χ3n) is 2.85. The highest BCUT2D eigenvalue weighted by Crippen LogP contribution is 2.03. The number of nitrogens with zero attached hydrogens (tertiary/aromatic N) is 3. The van der Waals surface area contributed by atoms with Crippen LogP contribution in [0.1, 0.15) is 39.5 Å². The third-order valence-corrected chi connectivity index (χ3v) is 2.85. The lowest BCUT2D eigenvalue weighted by Gasteiger charge is -1.99. The second-order valence-electron chi connectivity index (χ2n) is 4.61. The van der Waals surface area contributed by atoms with Gasteiger partial charge in [0.2, 0.25) is 5.95 Å². The van der Waals surface area contributed by atoms with E-state index in [0.717, 1.165) is 0 Å². The van der Waals surface area contributed by atoms with Crippen molar-refractivity contribution < 1.29 is 0 Å². The molecule has 0 atom stereocenters. The lowest BCUT2D eigenvalue weighted by Crippen LogP contribution is -2.15. The number of H-pyrrole nitrogens is 2. The molecule has 0 amide bonds. The maximum atomic E-state index is 11.2. The molecule has 2 rings (SSSR count). The van der Waals surface area contributed by atoms with Gasteiger partial charge in [-0.1, -0.05) is 26.7 Å². The van der Waals surface area contributed by atoms with Crippen LogP contribution in [0, 0.1) is 0 Å². The molecule has 0 aliphatic heterocycles. The SMILES string of the molecule is C=Nc1nc2nc[nH]c2c(=O)[nH]1.CCCCNCCCC. The Morgan fingerprint density at radius 2 is 1.95 bits per heavy atom. The molecule has 0 fully saturated rings. The van der Waals surface area contributed by atoms with Gasteiger partial charge in [0.05, 0.1) is 6.33 Å². The zero-order valence-corrected chi connectivity index (χ0v) is 12.8. The number of rotatable bonds is 7. The Morgan fingerprint density at radius 1 is 1.29 bits per heavy atom. The monoisotopic (exact) mass is 292 g/mol. The van der Waals surface area contributed by atoms with Crippen molar-refractivity contribution in [3.8, 4) is 0 Å². The summed E-state index contributed by atoms with van der Waals surface area (Å²) in [7, 11) is 0. The van der Waals surface area contributed by atoms with E-state index in [9.17, 15) is 4.79 Å². The van der Waals surface area contributed by atoms with Crippen molar-refractivity contribution in [1.29, 1.82) is 0 Å². The molecule has 0 aromatic carbocycles. The van der Waals surface area contributed by atoms with Gasteiger partial charge < -0.3 is 10.3 Å². The number of imidazole rings is 1. The van der Waals surface area contributed by atoms with E-state index in [4.69, 9.17) is 0 Å². The highest BCUT2D eigenvalue weighted by atomic mass is 16.1. The normalized spacial score (nSPS) is 10.2. The number of hydrogen-bond donors (Lipinski definition) is 3. The van der Waals surface area contributed by atoms with Gasteiger partial charge in [-0.25, -0.2) is 9.98 Å². The molecule has 7 heteroatoms. The van der Waals surface area contributed by atoms with Gasteiger partial charge in [-0.15, -0.1) is 0 Å². The molecule has 0 aliphatic carbocycles. The van der Waals surface area contributed by atoms with E-state index in [1.165, 1.54) is 45.1 Å². The maximum absolute atomic E-state index is 11.2. The second-order valence-corrected chi connectivity index (χ2v) is 4.61. The molecule has 2 heterocycles. The number of hydrogen-bond acceptors (Lipinski definition) is 5. The van der Waals surface area contributed by atoms with Gasteiger partial charge in [0.1, 0.15) is 0 Å². The van der Waals surface area contributed by atoms with Crippen LogP contribution in [0.5, 0.6) is 0 Å². The number of unbranched alkanes of at least 4 members (excludes halogenated alkanes) is 2. The first-order chi connectivity index (χ1) is 10.2. The molecule has 0 bridgehead atoms. The molecule has 7 nitrogen and oxygen atoms in total. The fraction of sp³-hybridized carbons (Fsp3) is 0.571. The van der Waals surface area contributed by atoms with Crippen LogP contribution in [0.15, 0.2) is 16.1 Å². The topological polar surface area (TPSA) is 98.8 Å². The summed E-state index contributed by atoms with van der Waals surface area (Å²) < 4.78 is 0. The Morgan fingerprint density at radius 3 is 2.52 bits per heavy atom. The number of aromatic amines is 2. The van der Waals surface area contributed by atoms with E-state index in [2.05, 4.69) is 50.8 Å². The summed E-state index contributed by atoms with van der Waals surface area (Å²) in [6, 6.07) is 0. The van der Waals surface area contributed by atoms with Crippen LogP contribution in [-0.2, 0) is 0 Å². The Kier molecular flexibility index (Phi) is 7.96. The van der Waals surface area contributed by atoms with Gasteiger partial charge >= 0.3 is 0 Å². The quantitative estimate of drug-likeness (QED) is 0.538. The van der Waals surface area contributed by atoms with E-state index in [1.807, 2.05) is 0 Å². The standard InChI is InChI=1S/C8H19N.C6H5N5O/c1-3-5-7-9-8-6-4-2;1-7-6-10-4-3(5(12)11-6)8-2-9-4/h9H,3-8H2,1-2H3;2H,1H2,(H2,8,9,10,11,12). The lowest BCUT2D eigenvalue weighted by atomic mass is 10.3. The molecule has 3 N–H and O–H groups in total. The number of aromatic nitrogens is 4. The van der Waals surface area contributed by atoms with E-state index < -0.39 is 0 Å². The molecule has 0 radical (unpaired) electrons. The minimum atomic E-state index is -0.292. The van der Waals surface area contributed by atoms with Crippen LogP contribution in [0.25, 0.3) is 11.2 Å². The van der Waals surface area contributed by atoms with Gasteiger partial charge in [0.15, 0.2) is 11.2 Å². The van der Waals surface area contributed by atoms with Crippen molar-refractivity contribution in [3.63, 3.8) is 0 Å². The molecule has 116 valence electrons. The number of fused-ring (bicyclic) bond motifs is 1. The molecule has 0 spiro atoms.